The van der Waals surface area contributed by atoms with Crippen molar-refractivity contribution < 1.29 is 9.53 Å². The van der Waals surface area contributed by atoms with Crippen LogP contribution in [0.3, 0.4) is 0 Å². The van der Waals surface area contributed by atoms with E-state index in [0.717, 1.165) is 38.6 Å². The number of nitrogens with zero attached hydrogens (tertiary/aromatic N) is 5. The monoisotopic (exact) mass is 460 g/mol. The van der Waals surface area contributed by atoms with Gasteiger partial charge in [-0.2, -0.15) is 4.37 Å². The molecule has 1 aliphatic rings. The minimum Gasteiger partial charge on any atom is -0.497 e. The summed E-state index contributed by atoms with van der Waals surface area (Å²) >= 11 is 1.41. The molecular formula is C24H24N6O2S. The van der Waals surface area contributed by atoms with Crippen LogP contribution in [0.25, 0.3) is 21.5 Å². The maximum Gasteiger partial charge on any atom is 0.317 e. The van der Waals surface area contributed by atoms with E-state index in [-0.39, 0.29) is 6.03 Å². The van der Waals surface area contributed by atoms with E-state index in [4.69, 9.17) is 4.74 Å². The van der Waals surface area contributed by atoms with Crippen molar-refractivity contribution in [3.05, 3.63) is 66.5 Å². The molecule has 0 radical (unpaired) electrons. The smallest absolute Gasteiger partial charge is 0.317 e. The lowest BCUT2D eigenvalue weighted by atomic mass is 10.1. The van der Waals surface area contributed by atoms with Gasteiger partial charge in [-0.3, -0.25) is 0 Å². The highest BCUT2D eigenvalue weighted by Crippen LogP contribution is 2.35. The molecule has 0 bridgehead atoms. The van der Waals surface area contributed by atoms with Crippen LogP contribution >= 0.6 is 11.5 Å². The molecule has 9 heteroatoms. The van der Waals surface area contributed by atoms with Gasteiger partial charge in [0.15, 0.2) is 5.82 Å². The van der Waals surface area contributed by atoms with Crippen LogP contribution in [0.5, 0.6) is 5.75 Å². The van der Waals surface area contributed by atoms with Gasteiger partial charge < -0.3 is 19.9 Å². The third-order valence-electron chi connectivity index (χ3n) is 5.75. The predicted octanol–water partition coefficient (Wildman–Crippen LogP) is 3.79. The van der Waals surface area contributed by atoms with Crippen molar-refractivity contribution in [2.75, 3.05) is 38.2 Å². The number of urea groups is 1. The number of benzene rings is 2. The second-order valence-corrected chi connectivity index (χ2v) is 8.53. The van der Waals surface area contributed by atoms with E-state index in [0.29, 0.717) is 32.7 Å². The van der Waals surface area contributed by atoms with Crippen LogP contribution in [0.15, 0.2) is 60.9 Å². The lowest BCUT2D eigenvalue weighted by molar-refractivity contribution is 0.194. The lowest BCUT2D eigenvalue weighted by Gasteiger charge is -2.35. The summed E-state index contributed by atoms with van der Waals surface area (Å²) in [7, 11) is 1.65. The first-order valence-corrected chi connectivity index (χ1v) is 11.6. The van der Waals surface area contributed by atoms with Gasteiger partial charge in [-0.05, 0) is 41.4 Å². The van der Waals surface area contributed by atoms with Gasteiger partial charge in [0, 0.05) is 38.3 Å². The number of carbonyl (C=O) groups excluding carboxylic acids is 1. The van der Waals surface area contributed by atoms with E-state index in [9.17, 15) is 4.79 Å². The number of aromatic nitrogens is 3. The fourth-order valence-electron chi connectivity index (χ4n) is 3.92. The molecule has 1 aliphatic heterocycles. The summed E-state index contributed by atoms with van der Waals surface area (Å²) in [5.41, 5.74) is 3.77. The molecule has 0 atom stereocenters. The fourth-order valence-corrected chi connectivity index (χ4v) is 4.80. The largest absolute Gasteiger partial charge is 0.497 e. The number of nitrogens with one attached hydrogen (secondary N) is 1. The molecule has 2 amide bonds. The van der Waals surface area contributed by atoms with Crippen molar-refractivity contribution >= 4 is 33.6 Å². The number of hydrogen-bond acceptors (Lipinski definition) is 7. The Morgan fingerprint density at radius 3 is 2.52 bits per heavy atom. The highest BCUT2D eigenvalue weighted by molar-refractivity contribution is 7.14. The molecule has 0 unspecified atom stereocenters. The minimum atomic E-state index is -0.0362. The van der Waals surface area contributed by atoms with Crippen LogP contribution in [-0.2, 0) is 6.54 Å². The Hall–Kier alpha value is -3.72. The van der Waals surface area contributed by atoms with E-state index in [1.807, 2.05) is 59.5 Å². The van der Waals surface area contributed by atoms with Gasteiger partial charge in [-0.15, -0.1) is 0 Å². The van der Waals surface area contributed by atoms with Gasteiger partial charge in [0.1, 0.15) is 28.0 Å². The zero-order chi connectivity index (χ0) is 22.6. The molecule has 33 heavy (non-hydrogen) atoms. The minimum absolute atomic E-state index is 0.0362. The summed E-state index contributed by atoms with van der Waals surface area (Å²) < 4.78 is 10.9. The molecule has 1 N–H and O–H groups in total. The molecule has 0 spiro atoms. The quantitative estimate of drug-likeness (QED) is 0.488. The number of piperazine rings is 1. The highest BCUT2D eigenvalue weighted by Gasteiger charge is 2.24. The number of rotatable bonds is 5. The Morgan fingerprint density at radius 2 is 1.79 bits per heavy atom. The average molecular weight is 461 g/mol. The Balaban J connectivity index is 1.27. The second kappa shape index (κ2) is 9.41. The maximum atomic E-state index is 12.6. The Bertz CT molecular complexity index is 1240. The van der Waals surface area contributed by atoms with Gasteiger partial charge in [0.25, 0.3) is 0 Å². The third kappa shape index (κ3) is 4.45. The molecule has 4 aromatic rings. The Kier molecular flexibility index (Phi) is 6.03. The summed E-state index contributed by atoms with van der Waals surface area (Å²) in [6, 6.07) is 17.7. The maximum absolute atomic E-state index is 12.6. The van der Waals surface area contributed by atoms with Crippen LogP contribution in [-0.4, -0.2) is 58.6 Å². The number of carbonyl (C=O) groups is 1. The predicted molar refractivity (Wildman–Crippen MR) is 130 cm³/mol. The molecule has 0 aliphatic carbocycles. The fraction of sp³-hybridized carbons (Fsp3) is 0.250. The zero-order valence-corrected chi connectivity index (χ0v) is 19.1. The first-order chi connectivity index (χ1) is 16.2. The first kappa shape index (κ1) is 21.1. The number of fused-ring (bicyclic) bond motifs is 1. The summed E-state index contributed by atoms with van der Waals surface area (Å²) in [5.74, 6) is 1.68. The van der Waals surface area contributed by atoms with Gasteiger partial charge >= 0.3 is 6.03 Å². The number of ether oxygens (including phenoxy) is 1. The lowest BCUT2D eigenvalue weighted by Crippen LogP contribution is -2.51. The summed E-state index contributed by atoms with van der Waals surface area (Å²) in [4.78, 5) is 25.7. The van der Waals surface area contributed by atoms with E-state index in [1.165, 1.54) is 11.5 Å². The third-order valence-corrected chi connectivity index (χ3v) is 6.59. The van der Waals surface area contributed by atoms with E-state index in [1.54, 1.807) is 13.4 Å². The van der Waals surface area contributed by atoms with Crippen LogP contribution in [0.2, 0.25) is 0 Å². The van der Waals surface area contributed by atoms with E-state index >= 15 is 0 Å². The van der Waals surface area contributed by atoms with Crippen molar-refractivity contribution in [2.24, 2.45) is 0 Å². The van der Waals surface area contributed by atoms with Crippen LogP contribution in [0, 0.1) is 0 Å². The van der Waals surface area contributed by atoms with Gasteiger partial charge in [0.05, 0.1) is 7.11 Å². The van der Waals surface area contributed by atoms with Gasteiger partial charge in [0.2, 0.25) is 0 Å². The topological polar surface area (TPSA) is 83.5 Å². The molecule has 2 aromatic heterocycles. The van der Waals surface area contributed by atoms with Crippen molar-refractivity contribution in [1.29, 1.82) is 0 Å². The Morgan fingerprint density at radius 1 is 1.03 bits per heavy atom. The van der Waals surface area contributed by atoms with Gasteiger partial charge in [-0.25, -0.2) is 14.8 Å². The van der Waals surface area contributed by atoms with Gasteiger partial charge in [-0.1, -0.05) is 30.3 Å². The Labute approximate surface area is 196 Å². The number of hydrogen-bond donors (Lipinski definition) is 1. The average Bonchev–Trinajstić information content (AvgIpc) is 3.32. The molecule has 1 saturated heterocycles. The molecule has 2 aromatic carbocycles. The highest BCUT2D eigenvalue weighted by atomic mass is 32.1. The molecule has 5 rings (SSSR count). The SMILES string of the molecule is COc1ccc(-c2nsc3c(N4CCN(C(=O)NCc5ccccc5)CC4)ncnc23)cc1. The van der Waals surface area contributed by atoms with Crippen molar-refractivity contribution in [3.63, 3.8) is 0 Å². The van der Waals surface area contributed by atoms with Crippen LogP contribution < -0.4 is 15.0 Å². The van der Waals surface area contributed by atoms with E-state index < -0.39 is 0 Å². The second-order valence-electron chi connectivity index (χ2n) is 7.75. The molecule has 3 heterocycles. The molecule has 0 saturated carbocycles. The summed E-state index contributed by atoms with van der Waals surface area (Å²) in [6.45, 7) is 3.22. The molecular weight excluding hydrogens is 436 g/mol. The molecule has 8 nitrogen and oxygen atoms in total. The standard InChI is InChI=1S/C24H24N6O2S/c1-32-19-9-7-18(8-10-19)20-21-22(33-28-20)23(27-16-26-21)29-11-13-30(14-12-29)24(31)25-15-17-5-3-2-4-6-17/h2-10,16H,11-15H2,1H3,(H,25,31). The molecule has 168 valence electrons. The normalized spacial score (nSPS) is 13.8. The number of methoxy groups -OCH3 is 1. The van der Waals surface area contributed by atoms with Crippen molar-refractivity contribution in [3.8, 4) is 17.0 Å². The van der Waals surface area contributed by atoms with Crippen LogP contribution in [0.1, 0.15) is 5.56 Å². The molecule has 1 fully saturated rings. The number of anilines is 1. The number of amides is 2. The van der Waals surface area contributed by atoms with Crippen molar-refractivity contribution in [1.82, 2.24) is 24.6 Å². The van der Waals surface area contributed by atoms with E-state index in [2.05, 4.69) is 24.6 Å². The summed E-state index contributed by atoms with van der Waals surface area (Å²) in [5, 5.41) is 3.01. The first-order valence-electron chi connectivity index (χ1n) is 10.8. The zero-order valence-electron chi connectivity index (χ0n) is 18.3. The van der Waals surface area contributed by atoms with Crippen molar-refractivity contribution in [2.45, 2.75) is 6.54 Å². The summed E-state index contributed by atoms with van der Waals surface area (Å²) in [6.07, 6.45) is 1.60. The van der Waals surface area contributed by atoms with Crippen LogP contribution in [0.4, 0.5) is 10.6 Å².